The molecule has 1 rings (SSSR count). The number of carboxylic acids is 1. The highest BCUT2D eigenvalue weighted by molar-refractivity contribution is 9.11. The van der Waals surface area contributed by atoms with Crippen molar-refractivity contribution in [2.24, 2.45) is 5.73 Å². The van der Waals surface area contributed by atoms with Crippen LogP contribution in [0.15, 0.2) is 21.1 Å². The van der Waals surface area contributed by atoms with Crippen LogP contribution in [0, 0.1) is 0 Å². The Morgan fingerprint density at radius 3 is 2.50 bits per heavy atom. The number of amides is 1. The minimum absolute atomic E-state index is 0.00750. The molecule has 110 valence electrons. The minimum atomic E-state index is -1.13. The Labute approximate surface area is 134 Å². The van der Waals surface area contributed by atoms with E-state index in [0.29, 0.717) is 15.4 Å². The predicted molar refractivity (Wildman–Crippen MR) is 84.9 cm³/mol. The van der Waals surface area contributed by atoms with Gasteiger partial charge in [0.25, 0.3) is 0 Å². The van der Waals surface area contributed by atoms with Gasteiger partial charge in [-0.3, -0.25) is 4.79 Å². The van der Waals surface area contributed by atoms with Crippen LogP contribution in [0.3, 0.4) is 0 Å². The standard InChI is InChI=1S/C13H16Br2N2O3/c1-3-4-13(2,16)12(20)17-10-8(11(18)19)5-7(14)6-9(10)15/h5-6H,3-4,16H2,1-2H3,(H,17,20)(H,18,19). The normalized spacial score (nSPS) is 13.7. The van der Waals surface area contributed by atoms with E-state index in [2.05, 4.69) is 37.2 Å². The number of nitrogens with one attached hydrogen (secondary N) is 1. The van der Waals surface area contributed by atoms with Crippen molar-refractivity contribution in [1.29, 1.82) is 0 Å². The molecule has 0 aromatic heterocycles. The summed E-state index contributed by atoms with van der Waals surface area (Å²) in [5.41, 5.74) is 5.10. The second-order valence-corrected chi connectivity index (χ2v) is 6.51. The largest absolute Gasteiger partial charge is 0.478 e. The van der Waals surface area contributed by atoms with E-state index in [1.54, 1.807) is 13.0 Å². The summed E-state index contributed by atoms with van der Waals surface area (Å²) in [7, 11) is 0. The number of aromatic carboxylic acids is 1. The van der Waals surface area contributed by atoms with Crippen LogP contribution in [0.5, 0.6) is 0 Å². The molecule has 0 fully saturated rings. The van der Waals surface area contributed by atoms with Gasteiger partial charge in [-0.15, -0.1) is 0 Å². The molecule has 4 N–H and O–H groups in total. The Kier molecular flexibility index (Phi) is 5.73. The van der Waals surface area contributed by atoms with E-state index in [1.807, 2.05) is 6.92 Å². The molecule has 0 aliphatic carbocycles. The Hall–Kier alpha value is -0.920. The smallest absolute Gasteiger partial charge is 0.337 e. The lowest BCUT2D eigenvalue weighted by Crippen LogP contribution is -2.48. The van der Waals surface area contributed by atoms with Crippen LogP contribution in [0.2, 0.25) is 0 Å². The lowest BCUT2D eigenvalue weighted by Gasteiger charge is -2.23. The van der Waals surface area contributed by atoms with Crippen LogP contribution in [0.25, 0.3) is 0 Å². The van der Waals surface area contributed by atoms with Gasteiger partial charge in [-0.05, 0) is 41.4 Å². The van der Waals surface area contributed by atoms with Crippen molar-refractivity contribution < 1.29 is 14.7 Å². The van der Waals surface area contributed by atoms with Crippen LogP contribution in [0.4, 0.5) is 5.69 Å². The van der Waals surface area contributed by atoms with E-state index in [0.717, 1.165) is 6.42 Å². The van der Waals surface area contributed by atoms with E-state index in [-0.39, 0.29) is 11.3 Å². The molecule has 1 aromatic carbocycles. The maximum absolute atomic E-state index is 12.2. The molecule has 1 amide bonds. The predicted octanol–water partition coefficient (Wildman–Crippen LogP) is 3.37. The maximum atomic E-state index is 12.2. The van der Waals surface area contributed by atoms with Gasteiger partial charge in [-0.2, -0.15) is 0 Å². The van der Waals surface area contributed by atoms with Crippen molar-refractivity contribution in [1.82, 2.24) is 0 Å². The van der Waals surface area contributed by atoms with Crippen molar-refractivity contribution in [3.63, 3.8) is 0 Å². The molecule has 0 saturated carbocycles. The monoisotopic (exact) mass is 406 g/mol. The minimum Gasteiger partial charge on any atom is -0.478 e. The summed E-state index contributed by atoms with van der Waals surface area (Å²) in [5, 5.41) is 11.8. The van der Waals surface area contributed by atoms with Crippen molar-refractivity contribution in [3.05, 3.63) is 26.6 Å². The number of benzene rings is 1. The number of carbonyl (C=O) groups is 2. The number of anilines is 1. The van der Waals surface area contributed by atoms with Crippen LogP contribution < -0.4 is 11.1 Å². The number of rotatable bonds is 5. The third-order valence-corrected chi connectivity index (χ3v) is 3.90. The van der Waals surface area contributed by atoms with Crippen molar-refractivity contribution in [2.45, 2.75) is 32.2 Å². The molecule has 0 saturated heterocycles. The summed E-state index contributed by atoms with van der Waals surface area (Å²) in [6.07, 6.45) is 1.27. The van der Waals surface area contributed by atoms with Crippen LogP contribution in [-0.4, -0.2) is 22.5 Å². The summed E-state index contributed by atoms with van der Waals surface area (Å²) >= 11 is 6.47. The fourth-order valence-electron chi connectivity index (χ4n) is 1.76. The molecule has 20 heavy (non-hydrogen) atoms. The molecule has 0 bridgehead atoms. The molecule has 1 aromatic rings. The molecule has 0 spiro atoms. The molecule has 0 aliphatic rings. The molecule has 7 heteroatoms. The average molecular weight is 408 g/mol. The van der Waals surface area contributed by atoms with Gasteiger partial charge in [0.05, 0.1) is 16.8 Å². The molecule has 1 unspecified atom stereocenters. The molecular formula is C13H16Br2N2O3. The van der Waals surface area contributed by atoms with Crippen molar-refractivity contribution in [2.75, 3.05) is 5.32 Å². The number of halogens is 2. The third kappa shape index (κ3) is 4.04. The zero-order chi connectivity index (χ0) is 15.5. The molecule has 0 aliphatic heterocycles. The first-order chi connectivity index (χ1) is 9.19. The third-order valence-electron chi connectivity index (χ3n) is 2.81. The Morgan fingerprint density at radius 1 is 1.40 bits per heavy atom. The zero-order valence-corrected chi connectivity index (χ0v) is 14.3. The van der Waals surface area contributed by atoms with Crippen LogP contribution in [0.1, 0.15) is 37.0 Å². The average Bonchev–Trinajstić information content (AvgIpc) is 2.31. The van der Waals surface area contributed by atoms with Gasteiger partial charge in [0.2, 0.25) is 5.91 Å². The lowest BCUT2D eigenvalue weighted by molar-refractivity contribution is -0.120. The summed E-state index contributed by atoms with van der Waals surface area (Å²) in [5.74, 6) is -1.54. The first kappa shape index (κ1) is 17.1. The molecule has 1 atom stereocenters. The van der Waals surface area contributed by atoms with Gasteiger partial charge in [0.1, 0.15) is 0 Å². The van der Waals surface area contributed by atoms with E-state index in [4.69, 9.17) is 5.73 Å². The second-order valence-electron chi connectivity index (χ2n) is 4.74. The Bertz CT molecular complexity index is 545. The van der Waals surface area contributed by atoms with Crippen molar-refractivity contribution in [3.8, 4) is 0 Å². The molecular weight excluding hydrogens is 392 g/mol. The zero-order valence-electron chi connectivity index (χ0n) is 11.2. The van der Waals surface area contributed by atoms with E-state index in [1.165, 1.54) is 6.07 Å². The highest BCUT2D eigenvalue weighted by atomic mass is 79.9. The molecule has 0 radical (unpaired) electrons. The molecule has 0 heterocycles. The fraction of sp³-hybridized carbons (Fsp3) is 0.385. The SMILES string of the molecule is CCCC(C)(N)C(=O)Nc1c(Br)cc(Br)cc1C(=O)O. The maximum Gasteiger partial charge on any atom is 0.337 e. The Balaban J connectivity index is 3.15. The van der Waals surface area contributed by atoms with E-state index in [9.17, 15) is 14.7 Å². The summed E-state index contributed by atoms with van der Waals surface area (Å²) in [6.45, 7) is 3.55. The first-order valence-corrected chi connectivity index (χ1v) is 7.60. The highest BCUT2D eigenvalue weighted by Gasteiger charge is 2.29. The van der Waals surface area contributed by atoms with Gasteiger partial charge >= 0.3 is 5.97 Å². The van der Waals surface area contributed by atoms with E-state index >= 15 is 0 Å². The summed E-state index contributed by atoms with van der Waals surface area (Å²) in [6, 6.07) is 3.09. The topological polar surface area (TPSA) is 92.4 Å². The quantitative estimate of drug-likeness (QED) is 0.697. The lowest BCUT2D eigenvalue weighted by atomic mass is 9.96. The highest BCUT2D eigenvalue weighted by Crippen LogP contribution is 2.31. The van der Waals surface area contributed by atoms with Gasteiger partial charge < -0.3 is 16.2 Å². The Morgan fingerprint density at radius 2 is 2.00 bits per heavy atom. The summed E-state index contributed by atoms with van der Waals surface area (Å²) < 4.78 is 1.08. The van der Waals surface area contributed by atoms with Crippen LogP contribution >= 0.6 is 31.9 Å². The first-order valence-electron chi connectivity index (χ1n) is 6.01. The van der Waals surface area contributed by atoms with Gasteiger partial charge in [-0.25, -0.2) is 4.79 Å². The van der Waals surface area contributed by atoms with Crippen molar-refractivity contribution >= 4 is 49.4 Å². The number of nitrogens with two attached hydrogens (primary N) is 1. The second kappa shape index (κ2) is 6.69. The van der Waals surface area contributed by atoms with Crippen LogP contribution in [-0.2, 0) is 4.79 Å². The number of hydrogen-bond acceptors (Lipinski definition) is 3. The fourth-order valence-corrected chi connectivity index (χ4v) is 3.08. The van der Waals surface area contributed by atoms with E-state index < -0.39 is 17.4 Å². The molecule has 5 nitrogen and oxygen atoms in total. The van der Waals surface area contributed by atoms with Gasteiger partial charge in [-0.1, -0.05) is 29.3 Å². The van der Waals surface area contributed by atoms with Gasteiger partial charge in [0, 0.05) is 8.95 Å². The number of carboxylic acid groups (broad SMARTS) is 1. The number of hydrogen-bond donors (Lipinski definition) is 3. The number of carbonyl (C=O) groups excluding carboxylic acids is 1. The van der Waals surface area contributed by atoms with Gasteiger partial charge in [0.15, 0.2) is 0 Å². The summed E-state index contributed by atoms with van der Waals surface area (Å²) in [4.78, 5) is 23.4.